The number of nitrogens with zero attached hydrogens (tertiary/aromatic N) is 4. The quantitative estimate of drug-likeness (QED) is 0.172. The van der Waals surface area contributed by atoms with Crippen molar-refractivity contribution in [1.82, 2.24) is 20.2 Å². The summed E-state index contributed by atoms with van der Waals surface area (Å²) in [7, 11) is 3.07. The maximum Gasteiger partial charge on any atom is 0.250 e. The number of carbonyl (C=O) groups is 1. The molecule has 4 rings (SSSR count). The highest BCUT2D eigenvalue weighted by atomic mass is 79.9. The number of benzene rings is 3. The van der Waals surface area contributed by atoms with E-state index >= 15 is 0 Å². The van der Waals surface area contributed by atoms with Crippen LogP contribution in [0.5, 0.6) is 17.2 Å². The van der Waals surface area contributed by atoms with Gasteiger partial charge in [0.25, 0.3) is 5.91 Å². The Morgan fingerprint density at radius 1 is 1.11 bits per heavy atom. The zero-order chi connectivity index (χ0) is 25.5. The lowest BCUT2D eigenvalue weighted by Crippen LogP contribution is -2.20. The molecule has 1 heterocycles. The highest BCUT2D eigenvalue weighted by Gasteiger charge is 2.17. The topological polar surface area (TPSA) is 111 Å². The summed E-state index contributed by atoms with van der Waals surface area (Å²) in [5, 5.41) is 23.2. The minimum Gasteiger partial charge on any atom is -0.503 e. The Labute approximate surface area is 220 Å². The molecule has 0 radical (unpaired) electrons. The Morgan fingerprint density at radius 3 is 2.56 bits per heavy atom. The van der Waals surface area contributed by atoms with Crippen LogP contribution in [0.2, 0.25) is 0 Å². The van der Waals surface area contributed by atoms with E-state index in [0.29, 0.717) is 26.8 Å². The second kappa shape index (κ2) is 11.7. The van der Waals surface area contributed by atoms with Crippen molar-refractivity contribution in [2.75, 3.05) is 20.0 Å². The lowest BCUT2D eigenvalue weighted by atomic mass is 10.2. The molecule has 0 unspecified atom stereocenters. The highest BCUT2D eigenvalue weighted by molar-refractivity contribution is 9.10. The Hall–Kier alpha value is -3.83. The number of carbonyl (C=O) groups excluding carboxylic acids is 1. The smallest absolute Gasteiger partial charge is 0.250 e. The van der Waals surface area contributed by atoms with Crippen molar-refractivity contribution in [3.63, 3.8) is 0 Å². The lowest BCUT2D eigenvalue weighted by Gasteiger charge is -2.11. The Morgan fingerprint density at radius 2 is 1.86 bits per heavy atom. The molecule has 0 atom stereocenters. The van der Waals surface area contributed by atoms with Crippen molar-refractivity contribution in [2.45, 2.75) is 5.16 Å². The van der Waals surface area contributed by atoms with Crippen molar-refractivity contribution < 1.29 is 19.4 Å². The molecule has 9 nitrogen and oxygen atoms in total. The number of phenolic OH excluding ortho intramolecular Hbond substituents is 1. The van der Waals surface area contributed by atoms with Gasteiger partial charge in [-0.2, -0.15) is 5.10 Å². The number of halogens is 1. The highest BCUT2D eigenvalue weighted by Crippen LogP contribution is 2.34. The molecule has 1 aromatic heterocycles. The van der Waals surface area contributed by atoms with E-state index in [1.54, 1.807) is 19.2 Å². The average Bonchev–Trinajstić information content (AvgIpc) is 3.34. The van der Waals surface area contributed by atoms with E-state index in [1.165, 1.54) is 25.1 Å². The number of phenols is 1. The number of nitrogens with one attached hydrogen (secondary N) is 1. The summed E-state index contributed by atoms with van der Waals surface area (Å²) in [4.78, 5) is 12.5. The predicted octanol–water partition coefficient (Wildman–Crippen LogP) is 4.66. The number of hydrogen-bond donors (Lipinski definition) is 2. The maximum atomic E-state index is 12.5. The van der Waals surface area contributed by atoms with Crippen LogP contribution in [0, 0.1) is 0 Å². The number of methoxy groups -OCH3 is 2. The van der Waals surface area contributed by atoms with Crippen LogP contribution in [-0.2, 0) is 4.79 Å². The van der Waals surface area contributed by atoms with Gasteiger partial charge in [-0.1, -0.05) is 42.1 Å². The zero-order valence-corrected chi connectivity index (χ0v) is 21.8. The fraction of sp³-hybridized carbons (Fsp3) is 0.120. The number of rotatable bonds is 9. The fourth-order valence-corrected chi connectivity index (χ4v) is 4.47. The number of aromatic nitrogens is 3. The molecule has 0 aliphatic rings. The van der Waals surface area contributed by atoms with Gasteiger partial charge in [0.1, 0.15) is 5.75 Å². The van der Waals surface area contributed by atoms with Crippen LogP contribution in [-0.4, -0.2) is 52.0 Å². The SMILES string of the molecule is COc1ccc(-n2c(SCC(=O)N/N=C/c3cc(Br)c(O)c(OC)c3)nnc2-c2ccccc2)cc1. The standard InChI is InChI=1S/C25H22BrN5O4S/c1-34-19-10-8-18(9-11-19)31-24(17-6-4-3-5-7-17)29-30-25(31)36-15-22(32)28-27-14-16-12-20(26)23(33)21(13-16)35-2/h3-14,33H,15H2,1-2H3,(H,28,32)/b27-14+. The number of hydrogen-bond acceptors (Lipinski definition) is 8. The monoisotopic (exact) mass is 567 g/mol. The van der Waals surface area contributed by atoms with Crippen molar-refractivity contribution in [1.29, 1.82) is 0 Å². The van der Waals surface area contributed by atoms with Gasteiger partial charge < -0.3 is 14.6 Å². The average molecular weight is 568 g/mol. The van der Waals surface area contributed by atoms with E-state index in [-0.39, 0.29) is 17.4 Å². The molecule has 0 aliphatic carbocycles. The van der Waals surface area contributed by atoms with Gasteiger partial charge in [0.15, 0.2) is 22.5 Å². The molecule has 2 N–H and O–H groups in total. The molecule has 0 fully saturated rings. The van der Waals surface area contributed by atoms with Crippen LogP contribution in [0.25, 0.3) is 17.1 Å². The summed E-state index contributed by atoms with van der Waals surface area (Å²) >= 11 is 4.50. The third-order valence-electron chi connectivity index (χ3n) is 5.00. The summed E-state index contributed by atoms with van der Waals surface area (Å²) in [6.07, 6.45) is 1.46. The summed E-state index contributed by atoms with van der Waals surface area (Å²) < 4.78 is 12.7. The molecule has 0 saturated carbocycles. The zero-order valence-electron chi connectivity index (χ0n) is 19.4. The molecule has 0 saturated heterocycles. The van der Waals surface area contributed by atoms with E-state index in [9.17, 15) is 9.90 Å². The maximum absolute atomic E-state index is 12.5. The number of thioether (sulfide) groups is 1. The normalized spacial score (nSPS) is 11.0. The first-order valence-corrected chi connectivity index (χ1v) is 12.4. The van der Waals surface area contributed by atoms with E-state index in [4.69, 9.17) is 9.47 Å². The molecule has 11 heteroatoms. The number of amides is 1. The van der Waals surface area contributed by atoms with E-state index < -0.39 is 0 Å². The van der Waals surface area contributed by atoms with Crippen LogP contribution < -0.4 is 14.9 Å². The molecule has 36 heavy (non-hydrogen) atoms. The first kappa shape index (κ1) is 25.3. The molecular formula is C25H22BrN5O4S. The van der Waals surface area contributed by atoms with E-state index in [1.807, 2.05) is 59.2 Å². The number of hydrazone groups is 1. The summed E-state index contributed by atoms with van der Waals surface area (Å²) in [5.74, 6) is 1.44. The Bertz CT molecular complexity index is 1380. The lowest BCUT2D eigenvalue weighted by molar-refractivity contribution is -0.118. The van der Waals surface area contributed by atoms with Crippen molar-refractivity contribution in [2.24, 2.45) is 5.10 Å². The van der Waals surface area contributed by atoms with Crippen LogP contribution in [0.15, 0.2) is 81.5 Å². The number of ether oxygens (including phenoxy) is 2. The van der Waals surface area contributed by atoms with Gasteiger partial charge in [0.2, 0.25) is 0 Å². The van der Waals surface area contributed by atoms with Crippen LogP contribution in [0.3, 0.4) is 0 Å². The minimum absolute atomic E-state index is 0.00840. The number of aromatic hydroxyl groups is 1. The minimum atomic E-state index is -0.313. The fourth-order valence-electron chi connectivity index (χ4n) is 3.27. The largest absolute Gasteiger partial charge is 0.503 e. The Kier molecular flexibility index (Phi) is 8.24. The van der Waals surface area contributed by atoms with Gasteiger partial charge in [-0.05, 0) is 57.9 Å². The van der Waals surface area contributed by atoms with Gasteiger partial charge in [-0.15, -0.1) is 10.2 Å². The van der Waals surface area contributed by atoms with Gasteiger partial charge in [-0.25, -0.2) is 5.43 Å². The molecule has 184 valence electrons. The third kappa shape index (κ3) is 5.86. The molecule has 4 aromatic rings. The predicted molar refractivity (Wildman–Crippen MR) is 142 cm³/mol. The van der Waals surface area contributed by atoms with Crippen molar-refractivity contribution >= 4 is 39.8 Å². The molecule has 1 amide bonds. The van der Waals surface area contributed by atoms with Crippen LogP contribution in [0.1, 0.15) is 5.56 Å². The molecule has 0 bridgehead atoms. The van der Waals surface area contributed by atoms with Gasteiger partial charge in [-0.3, -0.25) is 9.36 Å². The molecule has 0 aliphatic heterocycles. The van der Waals surface area contributed by atoms with E-state index in [0.717, 1.165) is 17.0 Å². The second-order valence-electron chi connectivity index (χ2n) is 7.34. The second-order valence-corrected chi connectivity index (χ2v) is 9.14. The van der Waals surface area contributed by atoms with E-state index in [2.05, 4.69) is 36.7 Å². The van der Waals surface area contributed by atoms with Gasteiger partial charge in [0.05, 0.1) is 30.7 Å². The van der Waals surface area contributed by atoms with Gasteiger partial charge in [0, 0.05) is 11.3 Å². The van der Waals surface area contributed by atoms with Crippen LogP contribution in [0.4, 0.5) is 0 Å². The summed E-state index contributed by atoms with van der Waals surface area (Å²) in [6, 6.07) is 20.5. The van der Waals surface area contributed by atoms with Crippen LogP contribution >= 0.6 is 27.7 Å². The molecule has 3 aromatic carbocycles. The first-order valence-electron chi connectivity index (χ1n) is 10.7. The first-order chi connectivity index (χ1) is 17.5. The Balaban J connectivity index is 1.49. The van der Waals surface area contributed by atoms with Crippen molar-refractivity contribution in [3.05, 3.63) is 76.8 Å². The summed E-state index contributed by atoms with van der Waals surface area (Å²) in [5.41, 5.74) is 4.88. The molecule has 0 spiro atoms. The summed E-state index contributed by atoms with van der Waals surface area (Å²) in [6.45, 7) is 0. The third-order valence-corrected chi connectivity index (χ3v) is 6.54. The van der Waals surface area contributed by atoms with Crippen molar-refractivity contribution in [3.8, 4) is 34.3 Å². The molecular weight excluding hydrogens is 546 g/mol. The van der Waals surface area contributed by atoms with Gasteiger partial charge >= 0.3 is 0 Å².